The number of aromatic nitrogens is 1. The van der Waals surface area contributed by atoms with Gasteiger partial charge >= 0.3 is 6.09 Å². The van der Waals surface area contributed by atoms with Crippen LogP contribution >= 0.6 is 0 Å². The molecule has 1 amide bonds. The Labute approximate surface area is 152 Å². The molecule has 140 valence electrons. The number of anilines is 1. The third-order valence-corrected chi connectivity index (χ3v) is 4.80. The first-order chi connectivity index (χ1) is 11.8. The van der Waals surface area contributed by atoms with Crippen molar-refractivity contribution in [2.24, 2.45) is 0 Å². The van der Waals surface area contributed by atoms with E-state index >= 15 is 0 Å². The summed E-state index contributed by atoms with van der Waals surface area (Å²) in [6.45, 7) is 14.1. The van der Waals surface area contributed by atoms with Crippen molar-refractivity contribution in [3.8, 4) is 0 Å². The quantitative estimate of drug-likeness (QED) is 0.769. The largest absolute Gasteiger partial charge is 0.443 e. The topological polar surface area (TPSA) is 45.7 Å². The van der Waals surface area contributed by atoms with Crippen LogP contribution in [0.4, 0.5) is 10.6 Å². The molecule has 0 aliphatic carbocycles. The summed E-state index contributed by atoms with van der Waals surface area (Å²) in [6.07, 6.45) is 4.59. The summed E-state index contributed by atoms with van der Waals surface area (Å²) in [5, 5.41) is 0. The maximum atomic E-state index is 12.9. The van der Waals surface area contributed by atoms with Crippen LogP contribution in [-0.4, -0.2) is 40.7 Å². The van der Waals surface area contributed by atoms with E-state index in [1.807, 2.05) is 26.8 Å². The van der Waals surface area contributed by atoms with E-state index in [1.54, 1.807) is 11.1 Å². The second kappa shape index (κ2) is 8.17. The van der Waals surface area contributed by atoms with Crippen LogP contribution in [0.15, 0.2) is 18.3 Å². The normalized spacial score (nSPS) is 19.7. The minimum Gasteiger partial charge on any atom is -0.443 e. The van der Waals surface area contributed by atoms with E-state index in [-0.39, 0.29) is 12.1 Å². The standard InChI is InChI=1S/C20H33N3O2/c1-7-15(3)23(19(24)25-20(4,5)6)18-16(11-9-13-21-18)17-12-10-14-22(17)8-2/h9,11,13,15,17H,7-8,10,12,14H2,1-6H3/t15-,17+/m0/s1. The highest BCUT2D eigenvalue weighted by atomic mass is 16.6. The van der Waals surface area contributed by atoms with Crippen LogP contribution in [0, 0.1) is 0 Å². The molecule has 0 spiro atoms. The van der Waals surface area contributed by atoms with Gasteiger partial charge in [0.1, 0.15) is 11.4 Å². The van der Waals surface area contributed by atoms with Crippen LogP contribution in [0.3, 0.4) is 0 Å². The van der Waals surface area contributed by atoms with Gasteiger partial charge in [0.25, 0.3) is 0 Å². The number of hydrogen-bond donors (Lipinski definition) is 0. The average Bonchev–Trinajstić information content (AvgIpc) is 3.02. The van der Waals surface area contributed by atoms with Crippen LogP contribution in [0.5, 0.6) is 0 Å². The van der Waals surface area contributed by atoms with E-state index in [2.05, 4.69) is 36.7 Å². The Morgan fingerprint density at radius 3 is 2.76 bits per heavy atom. The number of hydrogen-bond acceptors (Lipinski definition) is 4. The lowest BCUT2D eigenvalue weighted by Gasteiger charge is -2.33. The van der Waals surface area contributed by atoms with Crippen LogP contribution in [0.2, 0.25) is 0 Å². The molecule has 5 heteroatoms. The molecular weight excluding hydrogens is 314 g/mol. The van der Waals surface area contributed by atoms with Crippen molar-refractivity contribution in [1.82, 2.24) is 9.88 Å². The molecule has 1 aromatic heterocycles. The molecule has 1 aromatic rings. The van der Waals surface area contributed by atoms with Gasteiger partial charge in [0.2, 0.25) is 0 Å². The molecule has 0 saturated carbocycles. The molecule has 0 bridgehead atoms. The number of carbonyl (C=O) groups is 1. The fourth-order valence-corrected chi connectivity index (χ4v) is 3.40. The Bertz CT molecular complexity index is 583. The lowest BCUT2D eigenvalue weighted by Crippen LogP contribution is -2.43. The molecule has 2 heterocycles. The van der Waals surface area contributed by atoms with Gasteiger partial charge in [0.15, 0.2) is 0 Å². The summed E-state index contributed by atoms with van der Waals surface area (Å²) in [7, 11) is 0. The van der Waals surface area contributed by atoms with E-state index in [1.165, 1.54) is 6.42 Å². The smallest absolute Gasteiger partial charge is 0.416 e. The number of likely N-dealkylation sites (tertiary alicyclic amines) is 1. The molecule has 1 saturated heterocycles. The zero-order chi connectivity index (χ0) is 18.6. The molecule has 0 N–H and O–H groups in total. The van der Waals surface area contributed by atoms with E-state index in [0.29, 0.717) is 6.04 Å². The monoisotopic (exact) mass is 347 g/mol. The van der Waals surface area contributed by atoms with Gasteiger partial charge in [-0.2, -0.15) is 0 Å². The molecule has 25 heavy (non-hydrogen) atoms. The van der Waals surface area contributed by atoms with Crippen LogP contribution in [0.25, 0.3) is 0 Å². The zero-order valence-corrected chi connectivity index (χ0v) is 16.6. The van der Waals surface area contributed by atoms with Gasteiger partial charge in [-0.15, -0.1) is 0 Å². The molecule has 1 fully saturated rings. The van der Waals surface area contributed by atoms with Gasteiger partial charge in [-0.25, -0.2) is 9.78 Å². The second-order valence-electron chi connectivity index (χ2n) is 7.81. The summed E-state index contributed by atoms with van der Waals surface area (Å²) in [5.41, 5.74) is 0.605. The Morgan fingerprint density at radius 2 is 2.16 bits per heavy atom. The first kappa shape index (κ1) is 19.7. The fourth-order valence-electron chi connectivity index (χ4n) is 3.40. The highest BCUT2D eigenvalue weighted by Crippen LogP contribution is 2.37. The maximum Gasteiger partial charge on any atom is 0.416 e. The second-order valence-corrected chi connectivity index (χ2v) is 7.81. The van der Waals surface area contributed by atoms with Crippen molar-refractivity contribution in [1.29, 1.82) is 0 Å². The van der Waals surface area contributed by atoms with E-state index in [4.69, 9.17) is 4.74 Å². The van der Waals surface area contributed by atoms with Crippen molar-refractivity contribution < 1.29 is 9.53 Å². The highest BCUT2D eigenvalue weighted by molar-refractivity contribution is 5.88. The Kier molecular flexibility index (Phi) is 6.44. The number of carbonyl (C=O) groups excluding carboxylic acids is 1. The van der Waals surface area contributed by atoms with Gasteiger partial charge in [-0.1, -0.05) is 19.9 Å². The van der Waals surface area contributed by atoms with Crippen molar-refractivity contribution in [3.63, 3.8) is 0 Å². The van der Waals surface area contributed by atoms with Crippen LogP contribution < -0.4 is 4.90 Å². The van der Waals surface area contributed by atoms with Gasteiger partial charge in [-0.05, 0) is 66.1 Å². The van der Waals surface area contributed by atoms with E-state index in [9.17, 15) is 4.79 Å². The minimum absolute atomic E-state index is 0.0278. The molecule has 1 aliphatic rings. The fraction of sp³-hybridized carbons (Fsp3) is 0.700. The molecule has 2 atom stereocenters. The molecule has 0 radical (unpaired) electrons. The number of rotatable bonds is 5. The third kappa shape index (κ3) is 4.72. The van der Waals surface area contributed by atoms with Gasteiger partial charge < -0.3 is 4.74 Å². The molecule has 1 aliphatic heterocycles. The summed E-state index contributed by atoms with van der Waals surface area (Å²) < 4.78 is 5.68. The van der Waals surface area contributed by atoms with Crippen molar-refractivity contribution in [3.05, 3.63) is 23.9 Å². The molecule has 0 unspecified atom stereocenters. The number of amides is 1. The SMILES string of the molecule is CC[C@H](C)N(C(=O)OC(C)(C)C)c1ncccc1[C@H]1CCCN1CC. The van der Waals surface area contributed by atoms with Crippen molar-refractivity contribution in [2.45, 2.75) is 78.5 Å². The third-order valence-electron chi connectivity index (χ3n) is 4.80. The summed E-state index contributed by atoms with van der Waals surface area (Å²) in [6, 6.07) is 4.43. The minimum atomic E-state index is -0.527. The number of pyridine rings is 1. The van der Waals surface area contributed by atoms with E-state index < -0.39 is 5.60 Å². The molecule has 5 nitrogen and oxygen atoms in total. The number of nitrogens with zero attached hydrogens (tertiary/aromatic N) is 3. The predicted molar refractivity (Wildman–Crippen MR) is 102 cm³/mol. The Morgan fingerprint density at radius 1 is 1.44 bits per heavy atom. The summed E-state index contributed by atoms with van der Waals surface area (Å²) >= 11 is 0. The van der Waals surface area contributed by atoms with Crippen molar-refractivity contribution >= 4 is 11.9 Å². The lowest BCUT2D eigenvalue weighted by molar-refractivity contribution is 0.0565. The van der Waals surface area contributed by atoms with Gasteiger partial charge in [0.05, 0.1) is 0 Å². The summed E-state index contributed by atoms with van der Waals surface area (Å²) in [5.74, 6) is 0.747. The summed E-state index contributed by atoms with van der Waals surface area (Å²) in [4.78, 5) is 21.7. The van der Waals surface area contributed by atoms with Crippen LogP contribution in [0.1, 0.15) is 72.4 Å². The molecular formula is C20H33N3O2. The molecule has 2 rings (SSSR count). The van der Waals surface area contributed by atoms with Crippen molar-refractivity contribution in [2.75, 3.05) is 18.0 Å². The number of ether oxygens (including phenoxy) is 1. The maximum absolute atomic E-state index is 12.9. The first-order valence-corrected chi connectivity index (χ1v) is 9.49. The average molecular weight is 348 g/mol. The Hall–Kier alpha value is -1.62. The van der Waals surface area contributed by atoms with Gasteiger partial charge in [0, 0.05) is 23.8 Å². The first-order valence-electron chi connectivity index (χ1n) is 9.49. The molecule has 0 aromatic carbocycles. The highest BCUT2D eigenvalue weighted by Gasteiger charge is 2.33. The lowest BCUT2D eigenvalue weighted by atomic mass is 10.0. The van der Waals surface area contributed by atoms with Gasteiger partial charge in [-0.3, -0.25) is 9.80 Å². The zero-order valence-electron chi connectivity index (χ0n) is 16.6. The predicted octanol–water partition coefficient (Wildman–Crippen LogP) is 4.78. The van der Waals surface area contributed by atoms with E-state index in [0.717, 1.165) is 37.3 Å². The van der Waals surface area contributed by atoms with Crippen LogP contribution in [-0.2, 0) is 4.74 Å². The Balaban J connectivity index is 2.42.